The largest absolute Gasteiger partial charge is 0.307 e. The molecule has 0 heterocycles. The fourth-order valence-corrected chi connectivity index (χ4v) is 0. The van der Waals surface area contributed by atoms with Gasteiger partial charge in [-0.1, -0.05) is 6.08 Å². The lowest BCUT2D eigenvalue weighted by atomic mass is 10.8. The minimum absolute atomic E-state index is 1.75. The lowest BCUT2D eigenvalue weighted by Gasteiger charge is -1.31. The highest BCUT2D eigenvalue weighted by molar-refractivity contribution is 5.10. The van der Waals surface area contributed by atoms with Crippen LogP contribution in [0.25, 0.3) is 0 Å². The zero-order chi connectivity index (χ0) is 4.71. The summed E-state index contributed by atoms with van der Waals surface area (Å²) >= 11 is 0. The minimum Gasteiger partial charge on any atom is -0.307 e. The smallest absolute Gasteiger partial charge is 0.106 e. The number of allylic oxidation sites excluding steroid dienone is 1. The number of rotatable bonds is 0. The molecule has 0 rings (SSSR count). The SMILES string of the molecule is C=CC.C=O. The van der Waals surface area contributed by atoms with Crippen molar-refractivity contribution in [3.8, 4) is 0 Å². The van der Waals surface area contributed by atoms with E-state index in [0.717, 1.165) is 0 Å². The summed E-state index contributed by atoms with van der Waals surface area (Å²) in [4.78, 5) is 8.00. The maximum atomic E-state index is 8.00. The van der Waals surface area contributed by atoms with Crippen LogP contribution < -0.4 is 0 Å². The van der Waals surface area contributed by atoms with Gasteiger partial charge in [-0.15, -0.1) is 6.58 Å². The van der Waals surface area contributed by atoms with Crippen LogP contribution in [-0.2, 0) is 4.79 Å². The Labute approximate surface area is 32.3 Å². The number of carbonyl (C=O) groups is 1. The molecule has 0 aliphatic rings. The van der Waals surface area contributed by atoms with Crippen LogP contribution in [0.2, 0.25) is 0 Å². The molecule has 0 aromatic heterocycles. The van der Waals surface area contributed by atoms with Crippen LogP contribution in [0.1, 0.15) is 6.92 Å². The van der Waals surface area contributed by atoms with Crippen molar-refractivity contribution in [2.45, 2.75) is 6.92 Å². The molecule has 0 unspecified atom stereocenters. The Morgan fingerprint density at radius 3 is 1.60 bits per heavy atom. The van der Waals surface area contributed by atoms with Gasteiger partial charge in [0.25, 0.3) is 0 Å². The molecule has 0 bridgehead atoms. The summed E-state index contributed by atoms with van der Waals surface area (Å²) in [6.07, 6.45) is 1.75. The van der Waals surface area contributed by atoms with Gasteiger partial charge in [-0.25, -0.2) is 0 Å². The van der Waals surface area contributed by atoms with Crippen molar-refractivity contribution in [3.63, 3.8) is 0 Å². The van der Waals surface area contributed by atoms with Gasteiger partial charge >= 0.3 is 0 Å². The average Bonchev–Trinajstić information content (AvgIpc) is 1.46. The van der Waals surface area contributed by atoms with Gasteiger partial charge in [0.05, 0.1) is 0 Å². The van der Waals surface area contributed by atoms with Crippen LogP contribution in [0, 0.1) is 0 Å². The van der Waals surface area contributed by atoms with Gasteiger partial charge in [-0.05, 0) is 6.92 Å². The van der Waals surface area contributed by atoms with Gasteiger partial charge in [0.15, 0.2) is 0 Å². The molecule has 0 aromatic carbocycles. The van der Waals surface area contributed by atoms with E-state index in [2.05, 4.69) is 6.58 Å². The molecule has 0 aromatic rings. The molecule has 0 spiro atoms. The van der Waals surface area contributed by atoms with Crippen molar-refractivity contribution in [2.75, 3.05) is 0 Å². The van der Waals surface area contributed by atoms with Crippen molar-refractivity contribution < 1.29 is 4.79 Å². The van der Waals surface area contributed by atoms with Gasteiger partial charge < -0.3 is 4.79 Å². The predicted octanol–water partition coefficient (Wildman–Crippen LogP) is 1.01. The molecule has 0 fully saturated rings. The number of hydrogen-bond donors (Lipinski definition) is 0. The normalized spacial score (nSPS) is 3.40. The average molecular weight is 72.1 g/mol. The van der Waals surface area contributed by atoms with E-state index in [9.17, 15) is 0 Å². The summed E-state index contributed by atoms with van der Waals surface area (Å²) in [6.45, 7) is 7.25. The zero-order valence-corrected chi connectivity index (χ0v) is 3.40. The van der Waals surface area contributed by atoms with Crippen molar-refractivity contribution in [1.29, 1.82) is 0 Å². The quantitative estimate of drug-likeness (QED) is 0.390. The summed E-state index contributed by atoms with van der Waals surface area (Å²) in [5.74, 6) is 0. The predicted molar refractivity (Wildman–Crippen MR) is 23.0 cm³/mol. The van der Waals surface area contributed by atoms with E-state index in [1.165, 1.54) is 0 Å². The van der Waals surface area contributed by atoms with E-state index >= 15 is 0 Å². The molecule has 1 heteroatoms. The summed E-state index contributed by atoms with van der Waals surface area (Å²) in [5.41, 5.74) is 0. The van der Waals surface area contributed by atoms with E-state index in [1.807, 2.05) is 13.7 Å². The van der Waals surface area contributed by atoms with E-state index in [-0.39, 0.29) is 0 Å². The number of hydrogen-bond acceptors (Lipinski definition) is 1. The first-order valence-corrected chi connectivity index (χ1v) is 1.27. The second-order valence-electron chi connectivity index (χ2n) is 0.408. The summed E-state index contributed by atoms with van der Waals surface area (Å²) in [6, 6.07) is 0. The molecule has 0 saturated heterocycles. The fraction of sp³-hybridized carbons (Fsp3) is 0.250. The molecular formula is C4H8O. The fourth-order valence-electron chi connectivity index (χ4n) is 0. The lowest BCUT2D eigenvalue weighted by molar-refractivity contribution is -0.0979. The van der Waals surface area contributed by atoms with Gasteiger partial charge in [0.1, 0.15) is 6.79 Å². The standard InChI is InChI=1S/C3H6.CH2O/c1-3-2;1-2/h3H,1H2,2H3;1H2. The highest BCUT2D eigenvalue weighted by Gasteiger charge is 1.15. The first-order valence-electron chi connectivity index (χ1n) is 1.27. The highest BCUT2D eigenvalue weighted by Crippen LogP contribution is 1.38. The van der Waals surface area contributed by atoms with Crippen molar-refractivity contribution in [1.82, 2.24) is 0 Å². The Morgan fingerprint density at radius 2 is 1.60 bits per heavy atom. The molecule has 0 amide bonds. The number of carbonyl (C=O) groups excluding carboxylic acids is 1. The monoisotopic (exact) mass is 72.1 g/mol. The maximum absolute atomic E-state index is 8.00. The van der Waals surface area contributed by atoms with Crippen molar-refractivity contribution >= 4 is 6.79 Å². The van der Waals surface area contributed by atoms with Gasteiger partial charge in [-0.3, -0.25) is 0 Å². The Morgan fingerprint density at radius 1 is 1.60 bits per heavy atom. The first-order chi connectivity index (χ1) is 2.41. The van der Waals surface area contributed by atoms with Crippen molar-refractivity contribution in [2.24, 2.45) is 0 Å². The molecule has 0 radical (unpaired) electrons. The van der Waals surface area contributed by atoms with Crippen LogP contribution in [-0.4, -0.2) is 6.79 Å². The molecule has 0 aliphatic heterocycles. The molecule has 1 nitrogen and oxygen atoms in total. The van der Waals surface area contributed by atoms with Gasteiger partial charge in [0, 0.05) is 0 Å². The molecule has 30 valence electrons. The summed E-state index contributed by atoms with van der Waals surface area (Å²) in [5, 5.41) is 0. The Bertz CT molecular complexity index is 17.6. The van der Waals surface area contributed by atoms with Gasteiger partial charge in [-0.2, -0.15) is 0 Å². The minimum atomic E-state index is 1.75. The molecule has 5 heavy (non-hydrogen) atoms. The Balaban J connectivity index is 0. The third-order valence-electron chi connectivity index (χ3n) is 0. The summed E-state index contributed by atoms with van der Waals surface area (Å²) in [7, 11) is 0. The third-order valence-corrected chi connectivity index (χ3v) is 0. The lowest BCUT2D eigenvalue weighted by Crippen LogP contribution is -1.07. The maximum Gasteiger partial charge on any atom is 0.106 e. The van der Waals surface area contributed by atoms with Crippen LogP contribution in [0.3, 0.4) is 0 Å². The molecule has 0 atom stereocenters. The van der Waals surface area contributed by atoms with Gasteiger partial charge in [0.2, 0.25) is 0 Å². The van der Waals surface area contributed by atoms with E-state index < -0.39 is 0 Å². The van der Waals surface area contributed by atoms with Crippen LogP contribution >= 0.6 is 0 Å². The van der Waals surface area contributed by atoms with E-state index in [4.69, 9.17) is 4.79 Å². The summed E-state index contributed by atoms with van der Waals surface area (Å²) < 4.78 is 0. The molecule has 0 aliphatic carbocycles. The van der Waals surface area contributed by atoms with Crippen LogP contribution in [0.4, 0.5) is 0 Å². The Hall–Kier alpha value is -0.590. The Kier molecular flexibility index (Phi) is 208. The van der Waals surface area contributed by atoms with Crippen LogP contribution in [0.5, 0.6) is 0 Å². The highest BCUT2D eigenvalue weighted by atomic mass is 16.1. The van der Waals surface area contributed by atoms with Crippen molar-refractivity contribution in [3.05, 3.63) is 12.7 Å². The first kappa shape index (κ1) is 8.83. The molecule has 0 N–H and O–H groups in total. The third kappa shape index (κ3) is 19.5. The van der Waals surface area contributed by atoms with Crippen LogP contribution in [0.15, 0.2) is 12.7 Å². The van der Waals surface area contributed by atoms with E-state index in [0.29, 0.717) is 0 Å². The topological polar surface area (TPSA) is 17.1 Å². The second kappa shape index (κ2) is 118. The molecular weight excluding hydrogens is 64.0 g/mol. The zero-order valence-electron chi connectivity index (χ0n) is 3.40. The molecule has 0 saturated carbocycles. The second-order valence-corrected chi connectivity index (χ2v) is 0.408. The van der Waals surface area contributed by atoms with E-state index in [1.54, 1.807) is 6.08 Å².